The molecule has 0 radical (unpaired) electrons. The van der Waals surface area contributed by atoms with Gasteiger partial charge in [0, 0.05) is 45.4 Å². The van der Waals surface area contributed by atoms with Gasteiger partial charge in [0.05, 0.1) is 12.1 Å². The normalized spacial score (nSPS) is 24.0. The second kappa shape index (κ2) is 12.2. The zero-order valence-electron chi connectivity index (χ0n) is 16.8. The monoisotopic (exact) mass is 438 g/mol. The molecule has 7 nitrogen and oxygen atoms in total. The van der Waals surface area contributed by atoms with Crippen molar-refractivity contribution in [1.29, 1.82) is 0 Å². The third kappa shape index (κ3) is 6.46. The zero-order chi connectivity index (χ0) is 18.5. The number of ether oxygens (including phenoxy) is 1. The first-order chi connectivity index (χ1) is 12.6. The summed E-state index contributed by atoms with van der Waals surface area (Å²) in [7, 11) is 0. The van der Waals surface area contributed by atoms with Crippen molar-refractivity contribution in [1.82, 2.24) is 15.1 Å². The van der Waals surface area contributed by atoms with Gasteiger partial charge in [0.25, 0.3) is 0 Å². The van der Waals surface area contributed by atoms with Crippen LogP contribution in [0, 0.1) is 5.92 Å². The minimum atomic E-state index is -0.423. The molecule has 0 bridgehead atoms. The van der Waals surface area contributed by atoms with Crippen LogP contribution in [0.2, 0.25) is 0 Å². The number of amides is 2. The van der Waals surface area contributed by atoms with Gasteiger partial charge in [-0.2, -0.15) is 0 Å². The predicted octanol–water partition coefficient (Wildman–Crippen LogP) is 1.18. The van der Waals surface area contributed by atoms with Gasteiger partial charge < -0.3 is 20.7 Å². The largest absolute Gasteiger partial charge is 0.381 e. The summed E-state index contributed by atoms with van der Waals surface area (Å²) in [5.74, 6) is 0.403. The van der Waals surface area contributed by atoms with E-state index in [-0.39, 0.29) is 48.6 Å². The number of nitrogens with two attached hydrogens (primary N) is 1. The fourth-order valence-electron chi connectivity index (χ4n) is 4.37. The van der Waals surface area contributed by atoms with Gasteiger partial charge in [-0.1, -0.05) is 12.8 Å². The van der Waals surface area contributed by atoms with E-state index in [1.807, 2.05) is 11.8 Å². The SMILES string of the molecule is CC(C(=O)NC1CCCC1)N1CCN(C(=O)C(N)C2CCOCC2)CC1.Cl.Cl. The molecule has 1 aliphatic carbocycles. The van der Waals surface area contributed by atoms with E-state index in [4.69, 9.17) is 10.5 Å². The third-order valence-electron chi connectivity index (χ3n) is 6.31. The van der Waals surface area contributed by atoms with E-state index in [0.717, 1.165) is 38.8 Å². The molecule has 2 unspecified atom stereocenters. The maximum Gasteiger partial charge on any atom is 0.239 e. The number of nitrogens with one attached hydrogen (secondary N) is 1. The van der Waals surface area contributed by atoms with Crippen LogP contribution in [0.25, 0.3) is 0 Å². The van der Waals surface area contributed by atoms with Gasteiger partial charge in [-0.05, 0) is 38.5 Å². The molecule has 0 aromatic heterocycles. The number of piperazine rings is 1. The lowest BCUT2D eigenvalue weighted by atomic mass is 9.91. The molecule has 3 N–H and O–H groups in total. The molecule has 1 saturated carbocycles. The number of hydrogen-bond acceptors (Lipinski definition) is 5. The van der Waals surface area contributed by atoms with Gasteiger partial charge in [-0.25, -0.2) is 0 Å². The van der Waals surface area contributed by atoms with Crippen molar-refractivity contribution < 1.29 is 14.3 Å². The molecule has 3 rings (SSSR count). The summed E-state index contributed by atoms with van der Waals surface area (Å²) in [5.41, 5.74) is 6.23. The van der Waals surface area contributed by atoms with Crippen molar-refractivity contribution in [3.63, 3.8) is 0 Å². The minimum Gasteiger partial charge on any atom is -0.381 e. The second-order valence-corrected chi connectivity index (χ2v) is 8.00. The minimum absolute atomic E-state index is 0. The van der Waals surface area contributed by atoms with Crippen LogP contribution in [-0.4, -0.2) is 79.1 Å². The van der Waals surface area contributed by atoms with Crippen LogP contribution in [0.5, 0.6) is 0 Å². The summed E-state index contributed by atoms with van der Waals surface area (Å²) in [6.45, 7) is 6.13. The van der Waals surface area contributed by atoms with Gasteiger partial charge in [-0.15, -0.1) is 24.8 Å². The lowest BCUT2D eigenvalue weighted by Gasteiger charge is -2.39. The molecule has 2 heterocycles. The van der Waals surface area contributed by atoms with E-state index in [1.165, 1.54) is 12.8 Å². The lowest BCUT2D eigenvalue weighted by Crippen LogP contribution is -2.58. The highest BCUT2D eigenvalue weighted by molar-refractivity contribution is 5.85. The Hall–Kier alpha value is -0.600. The van der Waals surface area contributed by atoms with Gasteiger partial charge >= 0.3 is 0 Å². The molecule has 2 atom stereocenters. The van der Waals surface area contributed by atoms with Gasteiger partial charge in [0.2, 0.25) is 11.8 Å². The summed E-state index contributed by atoms with van der Waals surface area (Å²) in [6.07, 6.45) is 6.37. The number of carbonyl (C=O) groups is 2. The molecular weight excluding hydrogens is 403 g/mol. The molecule has 0 aromatic carbocycles. The Labute approximate surface area is 180 Å². The van der Waals surface area contributed by atoms with Crippen molar-refractivity contribution in [2.24, 2.45) is 11.7 Å². The van der Waals surface area contributed by atoms with Gasteiger partial charge in [0.1, 0.15) is 0 Å². The Morgan fingerprint density at radius 2 is 1.57 bits per heavy atom. The molecule has 28 heavy (non-hydrogen) atoms. The van der Waals surface area contributed by atoms with Crippen molar-refractivity contribution >= 4 is 36.6 Å². The van der Waals surface area contributed by atoms with Crippen LogP contribution >= 0.6 is 24.8 Å². The number of rotatable bonds is 5. The summed E-state index contributed by atoms with van der Waals surface area (Å²) < 4.78 is 5.36. The van der Waals surface area contributed by atoms with Gasteiger partial charge in [0.15, 0.2) is 0 Å². The maximum atomic E-state index is 12.7. The fourth-order valence-corrected chi connectivity index (χ4v) is 4.37. The summed E-state index contributed by atoms with van der Waals surface area (Å²) in [4.78, 5) is 29.2. The number of nitrogens with zero attached hydrogens (tertiary/aromatic N) is 2. The van der Waals surface area contributed by atoms with Crippen molar-refractivity contribution in [2.75, 3.05) is 39.4 Å². The second-order valence-electron chi connectivity index (χ2n) is 8.00. The number of halogens is 2. The molecule has 2 amide bonds. The molecule has 0 aromatic rings. The summed E-state index contributed by atoms with van der Waals surface area (Å²) >= 11 is 0. The maximum absolute atomic E-state index is 12.7. The van der Waals surface area contributed by atoms with E-state index in [9.17, 15) is 9.59 Å². The Morgan fingerprint density at radius 3 is 2.14 bits per heavy atom. The van der Waals surface area contributed by atoms with Crippen LogP contribution in [0.4, 0.5) is 0 Å². The Kier molecular flexibility index (Phi) is 11.1. The van der Waals surface area contributed by atoms with Crippen LogP contribution in [-0.2, 0) is 14.3 Å². The standard InChI is InChI=1S/C19H34N4O3.2ClH/c1-14(18(24)21-16-4-2-3-5-16)22-8-10-23(11-9-22)19(25)17(20)15-6-12-26-13-7-15;;/h14-17H,2-13,20H2,1H3,(H,21,24);2*1H. The highest BCUT2D eigenvalue weighted by Crippen LogP contribution is 2.20. The van der Waals surface area contributed by atoms with Crippen LogP contribution in [0.3, 0.4) is 0 Å². The van der Waals surface area contributed by atoms with Crippen LogP contribution in [0.1, 0.15) is 45.4 Å². The Balaban J connectivity index is 0.00000196. The van der Waals surface area contributed by atoms with Crippen LogP contribution < -0.4 is 11.1 Å². The Morgan fingerprint density at radius 1 is 1.00 bits per heavy atom. The topological polar surface area (TPSA) is 87.9 Å². The Bertz CT molecular complexity index is 492. The van der Waals surface area contributed by atoms with E-state index >= 15 is 0 Å². The first kappa shape index (κ1) is 25.4. The predicted molar refractivity (Wildman–Crippen MR) is 114 cm³/mol. The quantitative estimate of drug-likeness (QED) is 0.672. The zero-order valence-corrected chi connectivity index (χ0v) is 18.4. The van der Waals surface area contributed by atoms with Crippen LogP contribution in [0.15, 0.2) is 0 Å². The number of carbonyl (C=O) groups excluding carboxylic acids is 2. The molecule has 3 fully saturated rings. The average molecular weight is 439 g/mol. The molecule has 9 heteroatoms. The smallest absolute Gasteiger partial charge is 0.239 e. The molecular formula is C19H36Cl2N4O3. The number of hydrogen-bond donors (Lipinski definition) is 2. The first-order valence-electron chi connectivity index (χ1n) is 10.2. The van der Waals surface area contributed by atoms with E-state index in [1.54, 1.807) is 0 Å². The third-order valence-corrected chi connectivity index (χ3v) is 6.31. The first-order valence-corrected chi connectivity index (χ1v) is 10.2. The van der Waals surface area contributed by atoms with Crippen molar-refractivity contribution in [3.05, 3.63) is 0 Å². The fraction of sp³-hybridized carbons (Fsp3) is 0.895. The molecule has 3 aliphatic rings. The molecule has 0 spiro atoms. The average Bonchev–Trinajstić information content (AvgIpc) is 3.20. The van der Waals surface area contributed by atoms with E-state index in [0.29, 0.717) is 32.3 Å². The van der Waals surface area contributed by atoms with E-state index < -0.39 is 6.04 Å². The van der Waals surface area contributed by atoms with Crippen molar-refractivity contribution in [2.45, 2.75) is 63.6 Å². The molecule has 164 valence electrons. The highest BCUT2D eigenvalue weighted by atomic mass is 35.5. The molecule has 2 saturated heterocycles. The molecule has 2 aliphatic heterocycles. The van der Waals surface area contributed by atoms with Gasteiger partial charge in [-0.3, -0.25) is 14.5 Å². The highest BCUT2D eigenvalue weighted by Gasteiger charge is 2.33. The van der Waals surface area contributed by atoms with E-state index in [2.05, 4.69) is 10.2 Å². The summed E-state index contributed by atoms with van der Waals surface area (Å²) in [5, 5.41) is 3.18. The summed E-state index contributed by atoms with van der Waals surface area (Å²) in [6, 6.07) is -0.212. The lowest BCUT2D eigenvalue weighted by molar-refractivity contribution is -0.137. The van der Waals surface area contributed by atoms with Crippen molar-refractivity contribution in [3.8, 4) is 0 Å².